The van der Waals surface area contributed by atoms with Gasteiger partial charge in [-0.1, -0.05) is 29.5 Å². The molecule has 0 radical (unpaired) electrons. The first-order valence-corrected chi connectivity index (χ1v) is 8.64. The van der Waals surface area contributed by atoms with Gasteiger partial charge in [0.1, 0.15) is 5.60 Å². The van der Waals surface area contributed by atoms with Crippen LogP contribution in [0.15, 0.2) is 48.8 Å². The van der Waals surface area contributed by atoms with E-state index in [0.29, 0.717) is 23.4 Å². The Kier molecular flexibility index (Phi) is 5.37. The first-order valence-electron chi connectivity index (χ1n) is 8.26. The summed E-state index contributed by atoms with van der Waals surface area (Å²) < 4.78 is 0. The molecule has 2 aromatic rings. The van der Waals surface area contributed by atoms with Crippen molar-refractivity contribution in [3.05, 3.63) is 64.9 Å². The molecule has 1 fully saturated rings. The van der Waals surface area contributed by atoms with Crippen molar-refractivity contribution in [1.29, 1.82) is 0 Å². The maximum atomic E-state index is 12.3. The molecular formula is C20H19ClN2O2. The van der Waals surface area contributed by atoms with Crippen LogP contribution in [0, 0.1) is 11.8 Å². The standard InChI is InChI=1S/C20H19ClN2O2/c21-17-6-1-4-15(12-17)8-10-20(25)9-2-7-18(13-20)23-19(24)16-5-3-11-22-14-16/h1,3-6,11-12,14,18,25H,2,7,9,13H2,(H,23,24)/t18-,20?/m0/s1. The Bertz CT molecular complexity index is 813. The van der Waals surface area contributed by atoms with Crippen molar-refractivity contribution in [2.24, 2.45) is 0 Å². The van der Waals surface area contributed by atoms with Gasteiger partial charge in [-0.15, -0.1) is 0 Å². The Morgan fingerprint density at radius 3 is 3.00 bits per heavy atom. The highest BCUT2D eigenvalue weighted by molar-refractivity contribution is 6.30. The van der Waals surface area contributed by atoms with Crippen molar-refractivity contribution in [3.63, 3.8) is 0 Å². The Balaban J connectivity index is 1.67. The lowest BCUT2D eigenvalue weighted by atomic mass is 9.82. The van der Waals surface area contributed by atoms with E-state index in [1.165, 1.54) is 6.20 Å². The summed E-state index contributed by atoms with van der Waals surface area (Å²) in [7, 11) is 0. The van der Waals surface area contributed by atoms with Crippen LogP contribution in [0.5, 0.6) is 0 Å². The number of benzene rings is 1. The molecule has 1 amide bonds. The van der Waals surface area contributed by atoms with E-state index < -0.39 is 5.60 Å². The third kappa shape index (κ3) is 4.82. The molecule has 4 nitrogen and oxygen atoms in total. The normalized spacial score (nSPS) is 22.6. The van der Waals surface area contributed by atoms with Crippen LogP contribution in [0.4, 0.5) is 0 Å². The van der Waals surface area contributed by atoms with E-state index in [-0.39, 0.29) is 11.9 Å². The van der Waals surface area contributed by atoms with Gasteiger partial charge >= 0.3 is 0 Å². The molecule has 0 aliphatic heterocycles. The number of carbonyl (C=O) groups is 1. The zero-order valence-electron chi connectivity index (χ0n) is 13.7. The molecule has 25 heavy (non-hydrogen) atoms. The Hall–Kier alpha value is -2.35. The zero-order chi connectivity index (χ0) is 17.7. The quantitative estimate of drug-likeness (QED) is 0.814. The maximum absolute atomic E-state index is 12.3. The summed E-state index contributed by atoms with van der Waals surface area (Å²) in [4.78, 5) is 16.2. The summed E-state index contributed by atoms with van der Waals surface area (Å²) in [6.45, 7) is 0. The van der Waals surface area contributed by atoms with E-state index in [9.17, 15) is 9.90 Å². The second-order valence-corrected chi connectivity index (χ2v) is 6.74. The fraction of sp³-hybridized carbons (Fsp3) is 0.300. The molecule has 1 aliphatic carbocycles. The first-order chi connectivity index (χ1) is 12.0. The fourth-order valence-corrected chi connectivity index (χ4v) is 3.20. The Morgan fingerprint density at radius 1 is 1.36 bits per heavy atom. The molecule has 1 aromatic heterocycles. The molecule has 2 N–H and O–H groups in total. The number of amides is 1. The number of aromatic nitrogens is 1. The predicted octanol–water partition coefficient (Wildman–Crippen LogP) is 3.19. The molecule has 0 spiro atoms. The minimum absolute atomic E-state index is 0.111. The molecule has 1 aliphatic rings. The third-order valence-electron chi connectivity index (χ3n) is 4.25. The molecule has 2 atom stereocenters. The Labute approximate surface area is 152 Å². The van der Waals surface area contributed by atoms with Crippen LogP contribution in [-0.2, 0) is 0 Å². The van der Waals surface area contributed by atoms with E-state index >= 15 is 0 Å². The van der Waals surface area contributed by atoms with Crippen molar-refractivity contribution in [2.45, 2.75) is 37.3 Å². The minimum atomic E-state index is -1.10. The lowest BCUT2D eigenvalue weighted by Gasteiger charge is -2.33. The number of nitrogens with one attached hydrogen (secondary N) is 1. The van der Waals surface area contributed by atoms with E-state index in [1.807, 2.05) is 12.1 Å². The van der Waals surface area contributed by atoms with Crippen molar-refractivity contribution in [2.75, 3.05) is 0 Å². The van der Waals surface area contributed by atoms with Crippen LogP contribution in [-0.4, -0.2) is 27.6 Å². The molecule has 5 heteroatoms. The van der Waals surface area contributed by atoms with Gasteiger partial charge in [-0.25, -0.2) is 0 Å². The monoisotopic (exact) mass is 354 g/mol. The average Bonchev–Trinajstić information content (AvgIpc) is 2.61. The van der Waals surface area contributed by atoms with Crippen molar-refractivity contribution >= 4 is 17.5 Å². The number of hydrogen-bond acceptors (Lipinski definition) is 3. The second-order valence-electron chi connectivity index (χ2n) is 6.30. The molecule has 128 valence electrons. The van der Waals surface area contributed by atoms with Crippen LogP contribution in [0.3, 0.4) is 0 Å². The summed E-state index contributed by atoms with van der Waals surface area (Å²) in [5.74, 6) is 5.79. The summed E-state index contributed by atoms with van der Waals surface area (Å²) in [6.07, 6.45) is 5.79. The van der Waals surface area contributed by atoms with Gasteiger partial charge in [0.2, 0.25) is 0 Å². The molecule has 1 unspecified atom stereocenters. The van der Waals surface area contributed by atoms with Gasteiger partial charge < -0.3 is 10.4 Å². The van der Waals surface area contributed by atoms with E-state index in [2.05, 4.69) is 22.1 Å². The fourth-order valence-electron chi connectivity index (χ4n) is 3.01. The van der Waals surface area contributed by atoms with Crippen molar-refractivity contribution in [1.82, 2.24) is 10.3 Å². The number of rotatable bonds is 2. The summed E-state index contributed by atoms with van der Waals surface area (Å²) >= 11 is 5.96. The lowest BCUT2D eigenvalue weighted by Crippen LogP contribution is -2.45. The van der Waals surface area contributed by atoms with Crippen LogP contribution >= 0.6 is 11.6 Å². The Morgan fingerprint density at radius 2 is 2.24 bits per heavy atom. The number of hydrogen-bond donors (Lipinski definition) is 2. The smallest absolute Gasteiger partial charge is 0.253 e. The van der Waals surface area contributed by atoms with Crippen molar-refractivity contribution in [3.8, 4) is 11.8 Å². The van der Waals surface area contributed by atoms with Gasteiger partial charge in [0.05, 0.1) is 5.56 Å². The van der Waals surface area contributed by atoms with Gasteiger partial charge in [0.15, 0.2) is 0 Å². The highest BCUT2D eigenvalue weighted by Gasteiger charge is 2.33. The summed E-state index contributed by atoms with van der Waals surface area (Å²) in [5.41, 5.74) is 0.178. The molecule has 0 saturated heterocycles. The second kappa shape index (κ2) is 7.69. The topological polar surface area (TPSA) is 62.2 Å². The first kappa shape index (κ1) is 17.5. The number of aliphatic hydroxyl groups is 1. The number of pyridine rings is 1. The molecule has 0 bridgehead atoms. The van der Waals surface area contributed by atoms with E-state index in [1.54, 1.807) is 30.5 Å². The number of carbonyl (C=O) groups excluding carboxylic acids is 1. The largest absolute Gasteiger partial charge is 0.378 e. The molecule has 1 saturated carbocycles. The van der Waals surface area contributed by atoms with Gasteiger partial charge in [0.25, 0.3) is 5.91 Å². The highest BCUT2D eigenvalue weighted by atomic mass is 35.5. The highest BCUT2D eigenvalue weighted by Crippen LogP contribution is 2.28. The van der Waals surface area contributed by atoms with Gasteiger partial charge in [-0.05, 0) is 49.6 Å². The van der Waals surface area contributed by atoms with E-state index in [0.717, 1.165) is 18.4 Å². The summed E-state index contributed by atoms with van der Waals surface area (Å²) in [5, 5.41) is 14.4. The predicted molar refractivity (Wildman–Crippen MR) is 97.2 cm³/mol. The molecule has 1 heterocycles. The molecule has 1 aromatic carbocycles. The SMILES string of the molecule is O=C(N[C@H]1CCCC(O)(C#Cc2cccc(Cl)c2)C1)c1cccnc1. The zero-order valence-corrected chi connectivity index (χ0v) is 14.5. The maximum Gasteiger partial charge on any atom is 0.253 e. The third-order valence-corrected chi connectivity index (χ3v) is 4.49. The van der Waals surface area contributed by atoms with Crippen LogP contribution in [0.25, 0.3) is 0 Å². The van der Waals surface area contributed by atoms with E-state index in [4.69, 9.17) is 11.6 Å². The molecular weight excluding hydrogens is 336 g/mol. The van der Waals surface area contributed by atoms with Gasteiger partial charge in [-0.3, -0.25) is 9.78 Å². The van der Waals surface area contributed by atoms with Crippen LogP contribution < -0.4 is 5.32 Å². The average molecular weight is 355 g/mol. The minimum Gasteiger partial charge on any atom is -0.378 e. The van der Waals surface area contributed by atoms with Gasteiger partial charge in [0, 0.05) is 35.4 Å². The number of nitrogens with zero attached hydrogens (tertiary/aromatic N) is 1. The molecule has 3 rings (SSSR count). The van der Waals surface area contributed by atoms with Crippen LogP contribution in [0.2, 0.25) is 5.02 Å². The van der Waals surface area contributed by atoms with Gasteiger partial charge in [-0.2, -0.15) is 0 Å². The lowest BCUT2D eigenvalue weighted by molar-refractivity contribution is 0.0452. The number of halogens is 1. The summed E-state index contributed by atoms with van der Waals surface area (Å²) in [6, 6.07) is 10.6. The van der Waals surface area contributed by atoms with Crippen molar-refractivity contribution < 1.29 is 9.90 Å². The van der Waals surface area contributed by atoms with Crippen LogP contribution in [0.1, 0.15) is 41.6 Å².